The normalized spacial score (nSPS) is 19.7. The molecule has 1 N–H and O–H groups in total. The highest BCUT2D eigenvalue weighted by Gasteiger charge is 2.40. The van der Waals surface area contributed by atoms with E-state index >= 15 is 0 Å². The molecule has 0 atom stereocenters. The highest BCUT2D eigenvalue weighted by atomic mass is 35.5. The van der Waals surface area contributed by atoms with Crippen LogP contribution in [0.5, 0.6) is 0 Å². The summed E-state index contributed by atoms with van der Waals surface area (Å²) in [7, 11) is 0. The van der Waals surface area contributed by atoms with Crippen LogP contribution >= 0.6 is 23.2 Å². The second-order valence-corrected chi connectivity index (χ2v) is 9.20. The Morgan fingerprint density at radius 3 is 2.52 bits per heavy atom. The van der Waals surface area contributed by atoms with Gasteiger partial charge in [0, 0.05) is 55.0 Å². The van der Waals surface area contributed by atoms with Gasteiger partial charge in [0.15, 0.2) is 5.15 Å². The number of halogens is 2. The molecule has 156 valence electrons. The smallest absolute Gasteiger partial charge is 0.220 e. The molecule has 1 aromatic carbocycles. The Morgan fingerprint density at radius 2 is 1.93 bits per heavy atom. The van der Waals surface area contributed by atoms with Gasteiger partial charge < -0.3 is 14.7 Å². The highest BCUT2D eigenvalue weighted by molar-refractivity contribution is 6.30. The first-order chi connectivity index (χ1) is 14.0. The molecule has 2 aromatic rings. The zero-order valence-electron chi connectivity index (χ0n) is 16.5. The van der Waals surface area contributed by atoms with Crippen LogP contribution in [-0.2, 0) is 16.6 Å². The number of hydrogen-bond donors (Lipinski definition) is 1. The summed E-state index contributed by atoms with van der Waals surface area (Å²) in [5, 5.41) is 7.93. The van der Waals surface area contributed by atoms with Gasteiger partial charge in [-0.15, -0.1) is 0 Å². The number of rotatable bonds is 7. The maximum atomic E-state index is 12.2. The minimum atomic E-state index is 0.0626. The van der Waals surface area contributed by atoms with Gasteiger partial charge in [0.05, 0.1) is 0 Å². The SMILES string of the molecule is O=C(CCc1cc(Cl)no1)NC1CCN(CC2(c3ccc(Cl)cc3)CCC2)CC1. The Morgan fingerprint density at radius 1 is 1.21 bits per heavy atom. The van der Waals surface area contributed by atoms with E-state index in [2.05, 4.69) is 27.5 Å². The topological polar surface area (TPSA) is 58.4 Å². The standard InChI is InChI=1S/C22H27Cl2N3O2/c23-17-4-2-16(3-5-17)22(10-1-11-22)15-27-12-8-18(9-13-27)25-21(28)7-6-19-14-20(24)26-29-19/h2-5,14,18H,1,6-13,15H2,(H,25,28). The van der Waals surface area contributed by atoms with Gasteiger partial charge in [0.2, 0.25) is 5.91 Å². The lowest BCUT2D eigenvalue weighted by Crippen LogP contribution is -2.51. The van der Waals surface area contributed by atoms with Gasteiger partial charge in [-0.3, -0.25) is 4.79 Å². The number of carbonyl (C=O) groups excluding carboxylic acids is 1. The summed E-state index contributed by atoms with van der Waals surface area (Å²) in [4.78, 5) is 14.8. The molecule has 29 heavy (non-hydrogen) atoms. The van der Waals surface area contributed by atoms with Gasteiger partial charge in [-0.05, 0) is 43.4 Å². The molecule has 2 aliphatic rings. The Balaban J connectivity index is 1.23. The second kappa shape index (κ2) is 9.07. The summed E-state index contributed by atoms with van der Waals surface area (Å²) >= 11 is 11.8. The Hall–Kier alpha value is -1.56. The van der Waals surface area contributed by atoms with Gasteiger partial charge in [0.1, 0.15) is 5.76 Å². The molecule has 5 nitrogen and oxygen atoms in total. The predicted molar refractivity (Wildman–Crippen MR) is 114 cm³/mol. The van der Waals surface area contributed by atoms with Crippen molar-refractivity contribution in [2.45, 2.75) is 56.4 Å². The zero-order chi connectivity index (χ0) is 20.3. The van der Waals surface area contributed by atoms with E-state index in [0.717, 1.165) is 37.5 Å². The minimum Gasteiger partial charge on any atom is -0.360 e. The lowest BCUT2D eigenvalue weighted by molar-refractivity contribution is -0.122. The second-order valence-electron chi connectivity index (χ2n) is 8.37. The molecular formula is C22H27Cl2N3O2. The first-order valence-corrected chi connectivity index (χ1v) is 11.2. The van der Waals surface area contributed by atoms with Crippen LogP contribution in [0.15, 0.2) is 34.9 Å². The molecule has 1 amide bonds. The number of aromatic nitrogens is 1. The average Bonchev–Trinajstić information content (AvgIpc) is 3.10. The molecule has 1 aromatic heterocycles. The average molecular weight is 436 g/mol. The third-order valence-electron chi connectivity index (χ3n) is 6.37. The van der Waals surface area contributed by atoms with E-state index < -0.39 is 0 Å². The number of nitrogens with zero attached hydrogens (tertiary/aromatic N) is 2. The summed E-state index contributed by atoms with van der Waals surface area (Å²) in [5.41, 5.74) is 1.69. The molecule has 2 heterocycles. The van der Waals surface area contributed by atoms with Gasteiger partial charge in [0.25, 0.3) is 0 Å². The van der Waals surface area contributed by atoms with Crippen LogP contribution in [0, 0.1) is 0 Å². The van der Waals surface area contributed by atoms with E-state index in [1.807, 2.05) is 12.1 Å². The molecule has 0 radical (unpaired) electrons. The van der Waals surface area contributed by atoms with Crippen molar-refractivity contribution < 1.29 is 9.32 Å². The maximum absolute atomic E-state index is 12.2. The molecule has 4 rings (SSSR count). The van der Waals surface area contributed by atoms with Crippen molar-refractivity contribution in [3.63, 3.8) is 0 Å². The summed E-state index contributed by atoms with van der Waals surface area (Å²) in [6, 6.07) is 10.3. The number of hydrogen-bond acceptors (Lipinski definition) is 4. The van der Waals surface area contributed by atoms with Crippen molar-refractivity contribution in [2.24, 2.45) is 0 Å². The molecule has 1 aliphatic heterocycles. The number of likely N-dealkylation sites (tertiary alicyclic amines) is 1. The predicted octanol–water partition coefficient (Wildman–Crippen LogP) is 4.62. The minimum absolute atomic E-state index is 0.0626. The molecule has 0 unspecified atom stereocenters. The van der Waals surface area contributed by atoms with Crippen molar-refractivity contribution in [3.8, 4) is 0 Å². The monoisotopic (exact) mass is 435 g/mol. The van der Waals surface area contributed by atoms with Crippen molar-refractivity contribution in [1.29, 1.82) is 0 Å². The third-order valence-corrected chi connectivity index (χ3v) is 6.80. The number of nitrogens with one attached hydrogen (secondary N) is 1. The molecule has 1 aliphatic carbocycles. The van der Waals surface area contributed by atoms with E-state index in [1.54, 1.807) is 6.07 Å². The molecule has 1 saturated carbocycles. The Bertz CT molecular complexity index is 825. The van der Waals surface area contributed by atoms with Crippen LogP contribution in [0.3, 0.4) is 0 Å². The molecule has 0 bridgehead atoms. The van der Waals surface area contributed by atoms with Crippen LogP contribution < -0.4 is 5.32 Å². The van der Waals surface area contributed by atoms with Crippen LogP contribution in [-0.4, -0.2) is 41.6 Å². The number of benzene rings is 1. The van der Waals surface area contributed by atoms with Crippen molar-refractivity contribution in [2.75, 3.05) is 19.6 Å². The van der Waals surface area contributed by atoms with Crippen molar-refractivity contribution in [3.05, 3.63) is 51.8 Å². The number of piperidine rings is 1. The Labute approximate surface area is 181 Å². The molecular weight excluding hydrogens is 409 g/mol. The van der Waals surface area contributed by atoms with E-state index in [-0.39, 0.29) is 17.4 Å². The number of aryl methyl sites for hydroxylation is 1. The summed E-state index contributed by atoms with van der Waals surface area (Å²) in [6.45, 7) is 3.15. The van der Waals surface area contributed by atoms with Gasteiger partial charge in [-0.25, -0.2) is 0 Å². The lowest BCUT2D eigenvalue weighted by atomic mass is 9.64. The maximum Gasteiger partial charge on any atom is 0.220 e. The van der Waals surface area contributed by atoms with E-state index in [4.69, 9.17) is 27.7 Å². The lowest BCUT2D eigenvalue weighted by Gasteiger charge is -2.47. The van der Waals surface area contributed by atoms with E-state index in [9.17, 15) is 4.79 Å². The fourth-order valence-corrected chi connectivity index (χ4v) is 4.83. The van der Waals surface area contributed by atoms with Gasteiger partial charge in [-0.1, -0.05) is 46.9 Å². The van der Waals surface area contributed by atoms with Crippen molar-refractivity contribution >= 4 is 29.1 Å². The van der Waals surface area contributed by atoms with E-state index in [1.165, 1.54) is 24.8 Å². The molecule has 1 saturated heterocycles. The number of amides is 1. The molecule has 2 fully saturated rings. The largest absolute Gasteiger partial charge is 0.360 e. The quantitative estimate of drug-likeness (QED) is 0.689. The summed E-state index contributed by atoms with van der Waals surface area (Å²) in [5.74, 6) is 0.709. The van der Waals surface area contributed by atoms with Gasteiger partial charge in [-0.2, -0.15) is 0 Å². The first-order valence-electron chi connectivity index (χ1n) is 10.4. The molecule has 7 heteroatoms. The zero-order valence-corrected chi connectivity index (χ0v) is 18.0. The van der Waals surface area contributed by atoms with Crippen LogP contribution in [0.1, 0.15) is 49.8 Å². The van der Waals surface area contributed by atoms with Crippen LogP contribution in [0.25, 0.3) is 0 Å². The summed E-state index contributed by atoms with van der Waals surface area (Å²) < 4.78 is 5.05. The fourth-order valence-electron chi connectivity index (χ4n) is 4.55. The fraction of sp³-hybridized carbons (Fsp3) is 0.545. The van der Waals surface area contributed by atoms with Crippen molar-refractivity contribution in [1.82, 2.24) is 15.4 Å². The van der Waals surface area contributed by atoms with E-state index in [0.29, 0.717) is 23.8 Å². The number of carbonyl (C=O) groups is 1. The molecule has 0 spiro atoms. The van der Waals surface area contributed by atoms with Gasteiger partial charge >= 0.3 is 0 Å². The summed E-state index contributed by atoms with van der Waals surface area (Å²) in [6.07, 6.45) is 6.70. The first kappa shape index (κ1) is 20.7. The highest BCUT2D eigenvalue weighted by Crippen LogP contribution is 2.44. The third kappa shape index (κ3) is 5.14. The Kier molecular flexibility index (Phi) is 6.47. The van der Waals surface area contributed by atoms with Crippen LogP contribution in [0.2, 0.25) is 10.2 Å². The van der Waals surface area contributed by atoms with Crippen LogP contribution in [0.4, 0.5) is 0 Å².